The lowest BCUT2D eigenvalue weighted by atomic mass is 9.56. The molecule has 4 saturated carbocycles. The third-order valence-electron chi connectivity index (χ3n) is 5.07. The monoisotopic (exact) mass is 320 g/mol. The maximum absolute atomic E-state index is 9.19. The van der Waals surface area contributed by atoms with E-state index in [1.54, 1.807) is 44.7 Å². The first-order valence-electron chi connectivity index (χ1n) is 7.97. The summed E-state index contributed by atoms with van der Waals surface area (Å²) in [5, 5.41) is 0.879. The molecule has 118 valence electrons. The van der Waals surface area contributed by atoms with Crippen molar-refractivity contribution in [3.63, 3.8) is 0 Å². The summed E-state index contributed by atoms with van der Waals surface area (Å²) in [6.45, 7) is 2.34. The van der Waals surface area contributed by atoms with Crippen molar-refractivity contribution >= 4 is 18.7 Å². The van der Waals surface area contributed by atoms with Crippen LogP contribution in [0.4, 0.5) is 0 Å². The second-order valence-corrected chi connectivity index (χ2v) is 10.6. The van der Waals surface area contributed by atoms with Crippen LogP contribution < -0.4 is 0 Å². The molecule has 1 atom stereocenters. The Morgan fingerprint density at radius 1 is 1.10 bits per heavy atom. The standard InChI is InChI=1S/C14H25P.CH4O3S/c1-2-3-4-15-14-8-11-5-12(9-14)7-13(6-11)10-14;1-5(2,3)4/h11-13,15H,2-10H2,1H3;1H3,(H,2,3,4). The molecule has 0 radical (unpaired) electrons. The van der Waals surface area contributed by atoms with Crippen LogP contribution in [0.1, 0.15) is 58.3 Å². The van der Waals surface area contributed by atoms with Gasteiger partial charge in [0.1, 0.15) is 0 Å². The van der Waals surface area contributed by atoms with Gasteiger partial charge in [-0.3, -0.25) is 4.55 Å². The Bertz CT molecular complexity index is 376. The Labute approximate surface area is 125 Å². The van der Waals surface area contributed by atoms with Gasteiger partial charge in [-0.2, -0.15) is 8.42 Å². The minimum absolute atomic E-state index is 0.715. The van der Waals surface area contributed by atoms with Gasteiger partial charge >= 0.3 is 0 Å². The molecule has 4 fully saturated rings. The van der Waals surface area contributed by atoms with Gasteiger partial charge in [-0.15, -0.1) is 8.58 Å². The second kappa shape index (κ2) is 6.62. The average molecular weight is 320 g/mol. The summed E-state index contributed by atoms with van der Waals surface area (Å²) in [5.41, 5.74) is 0. The van der Waals surface area contributed by atoms with Crippen LogP contribution >= 0.6 is 8.58 Å². The van der Waals surface area contributed by atoms with Crippen molar-refractivity contribution in [3.8, 4) is 0 Å². The fourth-order valence-electron chi connectivity index (χ4n) is 4.86. The minimum Gasteiger partial charge on any atom is -0.286 e. The summed E-state index contributed by atoms with van der Waals surface area (Å²) >= 11 is 0. The molecule has 0 aliphatic heterocycles. The minimum atomic E-state index is -3.67. The molecular weight excluding hydrogens is 291 g/mol. The SMILES string of the molecule is CCCCPC12CC3CC(CC(C3)C1)C2.CS(=O)(=O)O. The van der Waals surface area contributed by atoms with E-state index < -0.39 is 10.1 Å². The lowest BCUT2D eigenvalue weighted by molar-refractivity contribution is 0.0367. The van der Waals surface area contributed by atoms with Gasteiger partial charge in [-0.25, -0.2) is 0 Å². The molecule has 4 rings (SSSR count). The van der Waals surface area contributed by atoms with Gasteiger partial charge < -0.3 is 0 Å². The van der Waals surface area contributed by atoms with Gasteiger partial charge in [0.25, 0.3) is 10.1 Å². The van der Waals surface area contributed by atoms with Gasteiger partial charge in [-0.1, -0.05) is 13.3 Å². The van der Waals surface area contributed by atoms with Crippen LogP contribution in [-0.2, 0) is 10.1 Å². The highest BCUT2D eigenvalue weighted by atomic mass is 32.2. The maximum atomic E-state index is 9.19. The molecule has 0 spiro atoms. The lowest BCUT2D eigenvalue weighted by Crippen LogP contribution is -2.48. The largest absolute Gasteiger partial charge is 0.286 e. The molecule has 1 N–H and O–H groups in total. The first-order chi connectivity index (χ1) is 9.30. The molecule has 4 aliphatic carbocycles. The first-order valence-corrected chi connectivity index (χ1v) is 11.0. The van der Waals surface area contributed by atoms with Crippen LogP contribution in [0.5, 0.6) is 0 Å². The predicted octanol–water partition coefficient (Wildman–Crippen LogP) is 3.94. The van der Waals surface area contributed by atoms with E-state index in [0.29, 0.717) is 6.26 Å². The van der Waals surface area contributed by atoms with E-state index in [0.717, 1.165) is 22.9 Å². The Morgan fingerprint density at radius 2 is 1.50 bits per heavy atom. The molecule has 3 nitrogen and oxygen atoms in total. The molecule has 5 heteroatoms. The van der Waals surface area contributed by atoms with Crippen LogP contribution in [0, 0.1) is 17.8 Å². The van der Waals surface area contributed by atoms with E-state index in [9.17, 15) is 8.42 Å². The third-order valence-corrected chi connectivity index (χ3v) is 7.03. The molecule has 20 heavy (non-hydrogen) atoms. The van der Waals surface area contributed by atoms with Gasteiger partial charge in [0.15, 0.2) is 0 Å². The molecule has 4 aliphatic rings. The molecule has 1 unspecified atom stereocenters. The summed E-state index contributed by atoms with van der Waals surface area (Å²) in [5.74, 6) is 3.47. The fourth-order valence-corrected chi connectivity index (χ4v) is 7.22. The Hall–Kier alpha value is 0.340. The summed E-state index contributed by atoms with van der Waals surface area (Å²) < 4.78 is 25.9. The van der Waals surface area contributed by atoms with Gasteiger partial charge in [0.05, 0.1) is 6.26 Å². The molecule has 0 saturated heterocycles. The Kier molecular flexibility index (Phi) is 5.53. The molecule has 0 heterocycles. The number of rotatable bonds is 4. The van der Waals surface area contributed by atoms with Crippen molar-refractivity contribution in [2.45, 2.75) is 63.4 Å². The summed E-state index contributed by atoms with van der Waals surface area (Å²) in [6.07, 6.45) is 14.9. The summed E-state index contributed by atoms with van der Waals surface area (Å²) in [7, 11) is -2.35. The smallest absolute Gasteiger partial charge is 0.261 e. The Balaban J connectivity index is 0.000000257. The van der Waals surface area contributed by atoms with E-state index in [4.69, 9.17) is 4.55 Å². The van der Waals surface area contributed by atoms with E-state index in [2.05, 4.69) is 6.92 Å². The van der Waals surface area contributed by atoms with E-state index >= 15 is 0 Å². The zero-order valence-electron chi connectivity index (χ0n) is 12.8. The van der Waals surface area contributed by atoms with Crippen molar-refractivity contribution in [1.29, 1.82) is 0 Å². The maximum Gasteiger partial charge on any atom is 0.261 e. The third kappa shape index (κ3) is 4.96. The number of hydrogen-bond donors (Lipinski definition) is 1. The van der Waals surface area contributed by atoms with Crippen LogP contribution in [-0.4, -0.2) is 30.5 Å². The van der Waals surface area contributed by atoms with Crippen LogP contribution in [0.15, 0.2) is 0 Å². The van der Waals surface area contributed by atoms with Crippen molar-refractivity contribution in [3.05, 3.63) is 0 Å². The van der Waals surface area contributed by atoms with Crippen LogP contribution in [0.3, 0.4) is 0 Å². The zero-order valence-corrected chi connectivity index (χ0v) is 14.6. The van der Waals surface area contributed by atoms with Gasteiger partial charge in [-0.05, 0) is 74.0 Å². The van der Waals surface area contributed by atoms with E-state index in [-0.39, 0.29) is 0 Å². The first kappa shape index (κ1) is 16.7. The van der Waals surface area contributed by atoms with Crippen LogP contribution in [0.2, 0.25) is 0 Å². The average Bonchev–Trinajstić information content (AvgIpc) is 2.24. The molecule has 0 aromatic carbocycles. The fraction of sp³-hybridized carbons (Fsp3) is 1.00. The molecule has 0 aromatic rings. The van der Waals surface area contributed by atoms with Crippen LogP contribution in [0.25, 0.3) is 0 Å². The van der Waals surface area contributed by atoms with E-state index in [1.807, 2.05) is 0 Å². The highest BCUT2D eigenvalue weighted by molar-refractivity contribution is 7.85. The second-order valence-electron chi connectivity index (χ2n) is 7.21. The van der Waals surface area contributed by atoms with Crippen molar-refractivity contribution in [1.82, 2.24) is 0 Å². The topological polar surface area (TPSA) is 54.4 Å². The molecule has 0 amide bonds. The van der Waals surface area contributed by atoms with Crippen molar-refractivity contribution < 1.29 is 13.0 Å². The number of hydrogen-bond acceptors (Lipinski definition) is 2. The Morgan fingerprint density at radius 3 is 1.85 bits per heavy atom. The lowest BCUT2D eigenvalue weighted by Gasteiger charge is -2.57. The van der Waals surface area contributed by atoms with Crippen molar-refractivity contribution in [2.75, 3.05) is 12.4 Å². The van der Waals surface area contributed by atoms with Gasteiger partial charge in [0, 0.05) is 0 Å². The van der Waals surface area contributed by atoms with Crippen molar-refractivity contribution in [2.24, 2.45) is 17.8 Å². The normalized spacial score (nSPS) is 39.0. The van der Waals surface area contributed by atoms with E-state index in [1.165, 1.54) is 21.4 Å². The highest BCUT2D eigenvalue weighted by Crippen LogP contribution is 2.62. The molecule has 4 bridgehead atoms. The zero-order chi connectivity index (χ0) is 14.8. The molecule has 0 aromatic heterocycles. The predicted molar refractivity (Wildman–Crippen MR) is 86.5 cm³/mol. The number of unbranched alkanes of at least 4 members (excludes halogenated alkanes) is 1. The summed E-state index contributed by atoms with van der Waals surface area (Å²) in [6, 6.07) is 0. The molecular formula is C15H29O3PS. The van der Waals surface area contributed by atoms with Gasteiger partial charge in [0.2, 0.25) is 0 Å². The summed E-state index contributed by atoms with van der Waals surface area (Å²) in [4.78, 5) is 0. The quantitative estimate of drug-likeness (QED) is 0.485. The highest BCUT2D eigenvalue weighted by Gasteiger charge is 2.50.